The van der Waals surface area contributed by atoms with Crippen molar-refractivity contribution in [3.05, 3.63) is 23.8 Å². The number of aldehydes is 1. The zero-order valence-electron chi connectivity index (χ0n) is 16.6. The summed E-state index contributed by atoms with van der Waals surface area (Å²) in [5.41, 5.74) is -3.45. The molecule has 3 saturated carbocycles. The molecule has 0 amide bonds. The van der Waals surface area contributed by atoms with Gasteiger partial charge in [-0.15, -0.1) is 11.6 Å². The number of aliphatic hydroxyl groups is 1. The van der Waals surface area contributed by atoms with Gasteiger partial charge in [0.05, 0.1) is 10.4 Å². The van der Waals surface area contributed by atoms with Gasteiger partial charge in [0.2, 0.25) is 5.78 Å². The van der Waals surface area contributed by atoms with Crippen LogP contribution in [0.15, 0.2) is 23.8 Å². The summed E-state index contributed by atoms with van der Waals surface area (Å²) < 4.78 is 15.9. The Labute approximate surface area is 183 Å². The maximum absolute atomic E-state index is 17.1. The van der Waals surface area contributed by atoms with Gasteiger partial charge in [-0.1, -0.05) is 41.4 Å². The lowest BCUT2D eigenvalue weighted by Crippen LogP contribution is -2.70. The van der Waals surface area contributed by atoms with Gasteiger partial charge in [-0.3, -0.25) is 14.4 Å². The zero-order valence-corrected chi connectivity index (χ0v) is 19.0. The average Bonchev–Trinajstić information content (AvgIpc) is 2.85. The van der Waals surface area contributed by atoms with Gasteiger partial charge in [0, 0.05) is 16.7 Å². The monoisotopic (exact) mass is 486 g/mol. The number of carbonyl (C=O) groups is 3. The molecule has 0 unspecified atom stereocenters. The summed E-state index contributed by atoms with van der Waals surface area (Å²) >= 11 is 10.3. The Morgan fingerprint density at radius 2 is 2.07 bits per heavy atom. The van der Waals surface area contributed by atoms with Crippen molar-refractivity contribution in [3.63, 3.8) is 0 Å². The lowest BCUT2D eigenvalue weighted by Gasteiger charge is -2.63. The van der Waals surface area contributed by atoms with Gasteiger partial charge in [0.1, 0.15) is 0 Å². The van der Waals surface area contributed by atoms with E-state index in [4.69, 9.17) is 11.6 Å². The molecule has 0 aromatic carbocycles. The Hall–Kier alpha value is -0.850. The Morgan fingerprint density at radius 3 is 2.69 bits per heavy atom. The molecule has 0 radical (unpaired) electrons. The maximum Gasteiger partial charge on any atom is 0.212 e. The summed E-state index contributed by atoms with van der Waals surface area (Å²) in [5.74, 6) is -2.03. The first kappa shape index (κ1) is 21.4. The molecule has 4 nitrogen and oxygen atoms in total. The Morgan fingerprint density at radius 1 is 1.41 bits per heavy atom. The molecule has 7 heteroatoms. The van der Waals surface area contributed by atoms with Gasteiger partial charge >= 0.3 is 0 Å². The molecule has 0 spiro atoms. The van der Waals surface area contributed by atoms with Crippen LogP contribution in [0.4, 0.5) is 4.39 Å². The van der Waals surface area contributed by atoms with Gasteiger partial charge < -0.3 is 5.11 Å². The van der Waals surface area contributed by atoms with E-state index in [2.05, 4.69) is 15.9 Å². The highest BCUT2D eigenvalue weighted by Gasteiger charge is 2.76. The quantitative estimate of drug-likeness (QED) is 0.366. The highest BCUT2D eigenvalue weighted by molar-refractivity contribution is 9.10. The third-order valence-electron chi connectivity index (χ3n) is 8.59. The Balaban J connectivity index is 1.89. The second kappa shape index (κ2) is 6.33. The van der Waals surface area contributed by atoms with E-state index >= 15 is 4.39 Å². The van der Waals surface area contributed by atoms with Crippen LogP contribution in [0.5, 0.6) is 0 Å². The van der Waals surface area contributed by atoms with Crippen LogP contribution in [0.1, 0.15) is 40.0 Å². The number of fused-ring (bicyclic) bond motifs is 5. The molecule has 29 heavy (non-hydrogen) atoms. The fraction of sp³-hybridized carbons (Fsp3) is 0.682. The summed E-state index contributed by atoms with van der Waals surface area (Å²) in [4.78, 5) is 36.0. The zero-order chi connectivity index (χ0) is 21.6. The molecule has 0 saturated heterocycles. The molecular formula is C22H25BrClFO4. The number of ketones is 2. The summed E-state index contributed by atoms with van der Waals surface area (Å²) in [6, 6.07) is 0. The summed E-state index contributed by atoms with van der Waals surface area (Å²) in [5, 5.41) is 10.6. The van der Waals surface area contributed by atoms with Crippen molar-refractivity contribution in [2.24, 2.45) is 28.6 Å². The van der Waals surface area contributed by atoms with Crippen LogP contribution in [-0.4, -0.2) is 44.4 Å². The highest BCUT2D eigenvalue weighted by Crippen LogP contribution is 2.72. The standard InChI is InChI=1S/C22H25BrClFO4/c1-11-6-14-18-15(24)8-12-7-13(27)4-5-19(12,2)22(18,25)16(28)9-20(14,3)21(11,23)17(29)10-26/h4-5,7,10-11,14-16,18,28H,6,8-9H2,1-3H3/t11-,14+,15-,16+,18-,19+,20+,21+,22-/m1/s1. The first-order valence-electron chi connectivity index (χ1n) is 10.0. The molecule has 0 heterocycles. The minimum atomic E-state index is -2.08. The van der Waals surface area contributed by atoms with Gasteiger partial charge in [-0.25, -0.2) is 4.39 Å². The van der Waals surface area contributed by atoms with E-state index in [1.807, 2.05) is 13.8 Å². The van der Waals surface area contributed by atoms with Crippen LogP contribution < -0.4 is 0 Å². The number of hydrogen-bond acceptors (Lipinski definition) is 4. The topological polar surface area (TPSA) is 71.4 Å². The largest absolute Gasteiger partial charge is 0.390 e. The van der Waals surface area contributed by atoms with E-state index in [0.717, 1.165) is 0 Å². The van der Waals surface area contributed by atoms with Gasteiger partial charge in [-0.2, -0.15) is 0 Å². The number of carbonyl (C=O) groups excluding carboxylic acids is 3. The normalized spacial score (nSPS) is 53.6. The molecule has 4 aliphatic rings. The lowest BCUT2D eigenvalue weighted by molar-refractivity contribution is -0.191. The van der Waals surface area contributed by atoms with Crippen molar-refractivity contribution < 1.29 is 23.9 Å². The first-order valence-corrected chi connectivity index (χ1v) is 11.2. The van der Waals surface area contributed by atoms with E-state index in [1.54, 1.807) is 13.0 Å². The SMILES string of the molecule is C[C@@H]1C[C@H]2[C@@H]3[C@H](Cl)CC4=CC(=O)C=C[C@]4(C)[C@@]3(F)[C@@H](O)C[C@]2(C)[C@@]1(Br)C(=O)C=O. The summed E-state index contributed by atoms with van der Waals surface area (Å²) in [6.45, 7) is 5.46. The first-order chi connectivity index (χ1) is 13.4. The predicted molar refractivity (Wildman–Crippen MR) is 111 cm³/mol. The molecule has 158 valence electrons. The van der Waals surface area contributed by atoms with E-state index in [1.165, 1.54) is 12.2 Å². The summed E-state index contributed by atoms with van der Waals surface area (Å²) in [7, 11) is 0. The molecular weight excluding hydrogens is 463 g/mol. The van der Waals surface area contributed by atoms with Gasteiger partial charge in [0.15, 0.2) is 17.7 Å². The smallest absolute Gasteiger partial charge is 0.212 e. The number of rotatable bonds is 2. The molecule has 4 aliphatic carbocycles. The van der Waals surface area contributed by atoms with Crippen LogP contribution in [0.2, 0.25) is 0 Å². The number of Topliss-reactive ketones (excluding diaryl/α,β-unsaturated/α-hetero) is 1. The Kier molecular flexibility index (Phi) is 4.67. The van der Waals surface area contributed by atoms with Crippen LogP contribution in [-0.2, 0) is 14.4 Å². The third-order valence-corrected chi connectivity index (χ3v) is 11.1. The minimum absolute atomic E-state index is 0.0219. The van der Waals surface area contributed by atoms with E-state index in [9.17, 15) is 19.5 Å². The summed E-state index contributed by atoms with van der Waals surface area (Å²) in [6.07, 6.45) is 4.17. The average molecular weight is 488 g/mol. The van der Waals surface area contributed by atoms with E-state index in [-0.39, 0.29) is 24.0 Å². The molecule has 0 aliphatic heterocycles. The molecule has 9 atom stereocenters. The molecule has 0 bridgehead atoms. The molecule has 1 N–H and O–H groups in total. The molecule has 0 aromatic rings. The number of allylic oxidation sites excluding steroid dienone is 4. The fourth-order valence-corrected chi connectivity index (χ4v) is 8.33. The molecule has 3 fully saturated rings. The van der Waals surface area contributed by atoms with E-state index in [0.29, 0.717) is 24.7 Å². The van der Waals surface area contributed by atoms with E-state index < -0.39 is 44.0 Å². The molecule has 0 aromatic heterocycles. The van der Waals surface area contributed by atoms with Crippen molar-refractivity contribution in [3.8, 4) is 0 Å². The minimum Gasteiger partial charge on any atom is -0.390 e. The second-order valence-corrected chi connectivity index (χ2v) is 11.5. The Bertz CT molecular complexity index is 873. The maximum atomic E-state index is 17.1. The molecule has 4 rings (SSSR count). The van der Waals surface area contributed by atoms with Crippen molar-refractivity contribution in [2.75, 3.05) is 0 Å². The number of aliphatic hydroxyl groups excluding tert-OH is 1. The number of alkyl halides is 3. The van der Waals surface area contributed by atoms with Crippen molar-refractivity contribution in [2.45, 2.75) is 61.5 Å². The van der Waals surface area contributed by atoms with Gasteiger partial charge in [0.25, 0.3) is 0 Å². The van der Waals surface area contributed by atoms with Crippen LogP contribution in [0.3, 0.4) is 0 Å². The van der Waals surface area contributed by atoms with Crippen LogP contribution >= 0.6 is 27.5 Å². The number of halogens is 3. The lowest BCUT2D eigenvalue weighted by atomic mass is 9.45. The predicted octanol–water partition coefficient (Wildman–Crippen LogP) is 3.72. The number of hydrogen-bond donors (Lipinski definition) is 1. The van der Waals surface area contributed by atoms with Crippen LogP contribution in [0, 0.1) is 28.6 Å². The van der Waals surface area contributed by atoms with Crippen molar-refractivity contribution in [1.82, 2.24) is 0 Å². The van der Waals surface area contributed by atoms with Crippen molar-refractivity contribution in [1.29, 1.82) is 0 Å². The van der Waals surface area contributed by atoms with Crippen molar-refractivity contribution >= 4 is 45.4 Å². The fourth-order valence-electron chi connectivity index (χ4n) is 7.07. The van der Waals surface area contributed by atoms with Gasteiger partial charge in [-0.05, 0) is 55.6 Å². The highest BCUT2D eigenvalue weighted by atomic mass is 79.9. The van der Waals surface area contributed by atoms with Crippen LogP contribution in [0.25, 0.3) is 0 Å². The third kappa shape index (κ3) is 2.31. The second-order valence-electron chi connectivity index (χ2n) is 9.70.